The Bertz CT molecular complexity index is 660. The van der Waals surface area contributed by atoms with Gasteiger partial charge in [-0.2, -0.15) is 0 Å². The Morgan fingerprint density at radius 2 is 1.83 bits per heavy atom. The monoisotopic (exact) mass is 328 g/mol. The topological polar surface area (TPSA) is 66.6 Å². The lowest BCUT2D eigenvalue weighted by Crippen LogP contribution is -2.33. The lowest BCUT2D eigenvalue weighted by Gasteiger charge is -2.16. The molecule has 2 aromatic carbocycles. The van der Waals surface area contributed by atoms with Crippen molar-refractivity contribution in [2.24, 2.45) is 5.73 Å². The summed E-state index contributed by atoms with van der Waals surface area (Å²) >= 11 is 1.48. The van der Waals surface area contributed by atoms with Crippen LogP contribution in [0.15, 0.2) is 59.5 Å². The van der Waals surface area contributed by atoms with Crippen LogP contribution in [0.5, 0.6) is 5.75 Å². The van der Waals surface area contributed by atoms with Crippen molar-refractivity contribution in [1.29, 1.82) is 0 Å². The highest BCUT2D eigenvalue weighted by atomic mass is 32.2. The number of benzene rings is 2. The van der Waals surface area contributed by atoms with Crippen LogP contribution in [0.2, 0.25) is 0 Å². The maximum atomic E-state index is 12.4. The van der Waals surface area contributed by atoms with E-state index in [9.17, 15) is 9.90 Å². The molecule has 0 unspecified atom stereocenters. The van der Waals surface area contributed by atoms with Crippen molar-refractivity contribution >= 4 is 17.7 Å². The maximum Gasteiger partial charge on any atom is 0.233 e. The van der Waals surface area contributed by atoms with Crippen LogP contribution in [-0.4, -0.2) is 40.8 Å². The molecular formula is C18H20N2O2S. The largest absolute Gasteiger partial charge is 0.508 e. The van der Waals surface area contributed by atoms with E-state index in [0.717, 1.165) is 4.90 Å². The Kier molecular flexibility index (Phi) is 4.88. The number of thioether (sulfide) groups is 1. The summed E-state index contributed by atoms with van der Waals surface area (Å²) in [6, 6.07) is 17.0. The van der Waals surface area contributed by atoms with Gasteiger partial charge in [-0.05, 0) is 29.8 Å². The fraction of sp³-hybridized carbons (Fsp3) is 0.278. The molecule has 2 aromatic rings. The Morgan fingerprint density at radius 3 is 2.52 bits per heavy atom. The van der Waals surface area contributed by atoms with Gasteiger partial charge in [0.05, 0.1) is 5.75 Å². The van der Waals surface area contributed by atoms with Gasteiger partial charge in [0.25, 0.3) is 0 Å². The molecule has 0 bridgehead atoms. The average molecular weight is 328 g/mol. The lowest BCUT2D eigenvalue weighted by molar-refractivity contribution is -0.127. The molecule has 0 aromatic heterocycles. The number of nitrogens with two attached hydrogens (primary N) is 1. The predicted molar refractivity (Wildman–Crippen MR) is 92.6 cm³/mol. The number of phenolic OH excluding ortho intramolecular Hbond substituents is 1. The Morgan fingerprint density at radius 1 is 1.13 bits per heavy atom. The number of rotatable bonds is 4. The second kappa shape index (κ2) is 7.06. The molecule has 1 aliphatic heterocycles. The third kappa shape index (κ3) is 3.86. The molecule has 0 aliphatic carbocycles. The SMILES string of the molecule is N[C@@H]1CN(C(=O)CSc2ccc(O)cc2)C[C@H]1c1ccccc1. The zero-order valence-electron chi connectivity index (χ0n) is 12.8. The van der Waals surface area contributed by atoms with Crippen LogP contribution < -0.4 is 5.73 Å². The maximum absolute atomic E-state index is 12.4. The average Bonchev–Trinajstić information content (AvgIpc) is 2.97. The zero-order chi connectivity index (χ0) is 16.2. The molecule has 1 aliphatic rings. The van der Waals surface area contributed by atoms with Crippen LogP contribution in [0.4, 0.5) is 0 Å². The van der Waals surface area contributed by atoms with Crippen LogP contribution in [0.1, 0.15) is 11.5 Å². The van der Waals surface area contributed by atoms with Crippen molar-refractivity contribution in [2.75, 3.05) is 18.8 Å². The number of carbonyl (C=O) groups is 1. The highest BCUT2D eigenvalue weighted by molar-refractivity contribution is 8.00. The molecule has 4 nitrogen and oxygen atoms in total. The number of amides is 1. The standard InChI is InChI=1S/C18H20N2O2S/c19-17-11-20(10-16(17)13-4-2-1-3-5-13)18(22)12-23-15-8-6-14(21)7-9-15/h1-9,16-17,21H,10-12,19H2/t16-,17+/m0/s1. The first-order valence-corrected chi connectivity index (χ1v) is 8.62. The third-order valence-electron chi connectivity index (χ3n) is 4.14. The first kappa shape index (κ1) is 15.9. The zero-order valence-corrected chi connectivity index (χ0v) is 13.6. The van der Waals surface area contributed by atoms with Crippen LogP contribution >= 0.6 is 11.8 Å². The van der Waals surface area contributed by atoms with Gasteiger partial charge in [0, 0.05) is 29.9 Å². The van der Waals surface area contributed by atoms with Gasteiger partial charge in [0.1, 0.15) is 5.75 Å². The molecule has 0 radical (unpaired) electrons. The fourth-order valence-electron chi connectivity index (χ4n) is 2.86. The van der Waals surface area contributed by atoms with Crippen molar-refractivity contribution in [2.45, 2.75) is 16.9 Å². The number of phenols is 1. The number of hydrogen-bond donors (Lipinski definition) is 2. The van der Waals surface area contributed by atoms with Crippen molar-refractivity contribution in [3.8, 4) is 5.75 Å². The van der Waals surface area contributed by atoms with E-state index in [-0.39, 0.29) is 23.6 Å². The minimum atomic E-state index is -0.0139. The molecule has 3 rings (SSSR count). The normalized spacial score (nSPS) is 20.7. The summed E-state index contributed by atoms with van der Waals surface area (Å²) in [5, 5.41) is 9.27. The molecule has 5 heteroatoms. The number of carbonyl (C=O) groups excluding carboxylic acids is 1. The van der Waals surface area contributed by atoms with Crippen LogP contribution in [-0.2, 0) is 4.79 Å². The van der Waals surface area contributed by atoms with E-state index < -0.39 is 0 Å². The van der Waals surface area contributed by atoms with Gasteiger partial charge in [0.2, 0.25) is 5.91 Å². The summed E-state index contributed by atoms with van der Waals surface area (Å²) in [5.74, 6) is 0.937. The Balaban J connectivity index is 1.57. The third-order valence-corrected chi connectivity index (χ3v) is 5.14. The van der Waals surface area contributed by atoms with E-state index in [1.54, 1.807) is 12.1 Å². The second-order valence-electron chi connectivity index (χ2n) is 5.76. The van der Waals surface area contributed by atoms with Gasteiger partial charge >= 0.3 is 0 Å². The van der Waals surface area contributed by atoms with Gasteiger partial charge in [-0.1, -0.05) is 30.3 Å². The highest BCUT2D eigenvalue weighted by Crippen LogP contribution is 2.28. The van der Waals surface area contributed by atoms with Crippen molar-refractivity contribution in [1.82, 2.24) is 4.90 Å². The first-order valence-electron chi connectivity index (χ1n) is 7.63. The van der Waals surface area contributed by atoms with Gasteiger partial charge in [0.15, 0.2) is 0 Å². The molecule has 120 valence electrons. The van der Waals surface area contributed by atoms with E-state index in [1.807, 2.05) is 35.2 Å². The molecule has 2 atom stereocenters. The van der Waals surface area contributed by atoms with E-state index in [0.29, 0.717) is 18.8 Å². The molecule has 1 saturated heterocycles. The number of hydrogen-bond acceptors (Lipinski definition) is 4. The summed E-state index contributed by atoms with van der Waals surface area (Å²) in [6.07, 6.45) is 0. The minimum Gasteiger partial charge on any atom is -0.508 e. The van der Waals surface area contributed by atoms with E-state index in [2.05, 4.69) is 12.1 Å². The number of aromatic hydroxyl groups is 1. The van der Waals surface area contributed by atoms with Gasteiger partial charge < -0.3 is 15.7 Å². The second-order valence-corrected chi connectivity index (χ2v) is 6.81. The highest BCUT2D eigenvalue weighted by Gasteiger charge is 2.33. The van der Waals surface area contributed by atoms with Crippen molar-refractivity contribution in [3.05, 3.63) is 60.2 Å². The van der Waals surface area contributed by atoms with E-state index >= 15 is 0 Å². The van der Waals surface area contributed by atoms with E-state index in [4.69, 9.17) is 5.73 Å². The molecule has 1 heterocycles. The van der Waals surface area contributed by atoms with Crippen molar-refractivity contribution in [3.63, 3.8) is 0 Å². The van der Waals surface area contributed by atoms with Crippen LogP contribution in [0, 0.1) is 0 Å². The van der Waals surface area contributed by atoms with Crippen LogP contribution in [0.3, 0.4) is 0 Å². The molecule has 0 spiro atoms. The predicted octanol–water partition coefficient (Wildman–Crippen LogP) is 2.44. The summed E-state index contributed by atoms with van der Waals surface area (Å²) < 4.78 is 0. The Hall–Kier alpha value is -1.98. The number of nitrogens with zero attached hydrogens (tertiary/aromatic N) is 1. The Labute approximate surface area is 140 Å². The summed E-state index contributed by atoms with van der Waals surface area (Å²) in [4.78, 5) is 15.2. The molecule has 1 fully saturated rings. The molecule has 23 heavy (non-hydrogen) atoms. The van der Waals surface area contributed by atoms with Crippen LogP contribution in [0.25, 0.3) is 0 Å². The molecular weight excluding hydrogens is 308 g/mol. The summed E-state index contributed by atoms with van der Waals surface area (Å²) in [6.45, 7) is 1.29. The molecule has 3 N–H and O–H groups in total. The lowest BCUT2D eigenvalue weighted by atomic mass is 9.95. The number of likely N-dealkylation sites (tertiary alicyclic amines) is 1. The smallest absolute Gasteiger partial charge is 0.233 e. The van der Waals surface area contributed by atoms with Gasteiger partial charge in [-0.15, -0.1) is 11.8 Å². The molecule has 0 saturated carbocycles. The first-order chi connectivity index (χ1) is 11.1. The fourth-order valence-corrected chi connectivity index (χ4v) is 3.67. The van der Waals surface area contributed by atoms with Gasteiger partial charge in [-0.25, -0.2) is 0 Å². The summed E-state index contributed by atoms with van der Waals surface area (Å²) in [7, 11) is 0. The van der Waals surface area contributed by atoms with Crippen molar-refractivity contribution < 1.29 is 9.90 Å². The summed E-state index contributed by atoms with van der Waals surface area (Å²) in [5.41, 5.74) is 7.43. The quantitative estimate of drug-likeness (QED) is 0.846. The minimum absolute atomic E-state index is 0.0139. The van der Waals surface area contributed by atoms with Gasteiger partial charge in [-0.3, -0.25) is 4.79 Å². The van der Waals surface area contributed by atoms with E-state index in [1.165, 1.54) is 17.3 Å². The molecule has 1 amide bonds.